The van der Waals surface area contributed by atoms with Crippen molar-refractivity contribution in [1.29, 1.82) is 0 Å². The Labute approximate surface area is 115 Å². The van der Waals surface area contributed by atoms with Crippen molar-refractivity contribution >= 4 is 22.2 Å². The number of anilines is 1. The highest BCUT2D eigenvalue weighted by molar-refractivity contribution is 7.10. The van der Waals surface area contributed by atoms with Crippen molar-refractivity contribution in [3.05, 3.63) is 42.8 Å². The zero-order valence-corrected chi connectivity index (χ0v) is 11.4. The first-order valence-corrected chi connectivity index (χ1v) is 6.17. The minimum atomic E-state index is -0.965. The van der Waals surface area contributed by atoms with Crippen molar-refractivity contribution in [1.82, 2.24) is 18.7 Å². The van der Waals surface area contributed by atoms with E-state index in [0.717, 1.165) is 26.9 Å². The summed E-state index contributed by atoms with van der Waals surface area (Å²) in [6.45, 7) is -0.181. The summed E-state index contributed by atoms with van der Waals surface area (Å²) in [5.41, 5.74) is -1.91. The van der Waals surface area contributed by atoms with Crippen LogP contribution in [-0.4, -0.2) is 30.7 Å². The van der Waals surface area contributed by atoms with Crippen molar-refractivity contribution < 1.29 is 4.92 Å². The quantitative estimate of drug-likeness (QED) is 0.590. The molecule has 0 aliphatic heterocycles. The third-order valence-electron chi connectivity index (χ3n) is 2.60. The van der Waals surface area contributed by atoms with Gasteiger partial charge in [0.1, 0.15) is 10.7 Å². The molecule has 0 bridgehead atoms. The Morgan fingerprint density at radius 2 is 2.20 bits per heavy atom. The van der Waals surface area contributed by atoms with Crippen LogP contribution in [0, 0.1) is 10.1 Å². The Balaban J connectivity index is 2.60. The van der Waals surface area contributed by atoms with Crippen LogP contribution in [0.4, 0.5) is 10.7 Å². The molecule has 0 fully saturated rings. The lowest BCUT2D eigenvalue weighted by Crippen LogP contribution is -2.39. The van der Waals surface area contributed by atoms with Gasteiger partial charge in [0.15, 0.2) is 0 Å². The number of nitrogens with zero attached hydrogens (tertiary/aromatic N) is 5. The monoisotopic (exact) mass is 298 g/mol. The summed E-state index contributed by atoms with van der Waals surface area (Å²) in [5.74, 6) is 0. The number of nitro groups is 1. The van der Waals surface area contributed by atoms with Crippen LogP contribution < -0.4 is 16.6 Å². The fourth-order valence-electron chi connectivity index (χ4n) is 1.63. The van der Waals surface area contributed by atoms with Gasteiger partial charge < -0.3 is 5.32 Å². The molecule has 0 unspecified atom stereocenters. The van der Waals surface area contributed by atoms with Gasteiger partial charge in [-0.1, -0.05) is 4.49 Å². The summed E-state index contributed by atoms with van der Waals surface area (Å²) < 4.78 is 5.44. The van der Waals surface area contributed by atoms with Gasteiger partial charge in [0.05, 0.1) is 17.7 Å². The van der Waals surface area contributed by atoms with Crippen molar-refractivity contribution in [2.24, 2.45) is 7.05 Å². The molecular weight excluding hydrogens is 288 g/mol. The lowest BCUT2D eigenvalue weighted by Gasteiger charge is -2.06. The molecule has 0 spiro atoms. The van der Waals surface area contributed by atoms with Gasteiger partial charge in [-0.3, -0.25) is 19.5 Å². The molecular formula is C9H10N6O4S. The Kier molecular flexibility index (Phi) is 3.61. The van der Waals surface area contributed by atoms with E-state index < -0.39 is 21.9 Å². The maximum atomic E-state index is 12.0. The number of rotatable bonds is 4. The van der Waals surface area contributed by atoms with E-state index >= 15 is 0 Å². The summed E-state index contributed by atoms with van der Waals surface area (Å²) >= 11 is 1.06. The molecule has 1 N–H and O–H groups in total. The van der Waals surface area contributed by atoms with Gasteiger partial charge in [0, 0.05) is 25.6 Å². The van der Waals surface area contributed by atoms with E-state index in [9.17, 15) is 19.7 Å². The molecule has 0 amide bonds. The van der Waals surface area contributed by atoms with Crippen LogP contribution in [0.5, 0.6) is 0 Å². The topological polar surface area (TPSA) is 125 Å². The highest BCUT2D eigenvalue weighted by Gasteiger charge is 2.20. The highest BCUT2D eigenvalue weighted by Crippen LogP contribution is 2.16. The molecule has 0 aromatic carbocycles. The van der Waals surface area contributed by atoms with Crippen LogP contribution >= 0.6 is 11.5 Å². The molecule has 10 nitrogen and oxygen atoms in total. The second kappa shape index (κ2) is 5.21. The molecule has 2 aromatic heterocycles. The molecule has 106 valence electrons. The van der Waals surface area contributed by atoms with Gasteiger partial charge in [-0.15, -0.1) is 5.10 Å². The van der Waals surface area contributed by atoms with Crippen LogP contribution in [0.1, 0.15) is 5.69 Å². The van der Waals surface area contributed by atoms with E-state index in [4.69, 9.17) is 0 Å². The second-order valence-corrected chi connectivity index (χ2v) is 4.61. The predicted octanol–water partition coefficient (Wildman–Crippen LogP) is -0.603. The summed E-state index contributed by atoms with van der Waals surface area (Å²) in [7, 11) is 2.98. The van der Waals surface area contributed by atoms with Crippen molar-refractivity contribution in [2.75, 3.05) is 12.4 Å². The van der Waals surface area contributed by atoms with E-state index in [1.165, 1.54) is 7.05 Å². The molecule has 0 radical (unpaired) electrons. The van der Waals surface area contributed by atoms with Gasteiger partial charge in [-0.25, -0.2) is 9.36 Å². The summed E-state index contributed by atoms with van der Waals surface area (Å²) in [5, 5.41) is 18.0. The van der Waals surface area contributed by atoms with Crippen molar-refractivity contribution in [3.63, 3.8) is 0 Å². The van der Waals surface area contributed by atoms with Crippen LogP contribution in [-0.2, 0) is 13.6 Å². The summed E-state index contributed by atoms with van der Waals surface area (Å²) in [4.78, 5) is 33.9. The van der Waals surface area contributed by atoms with Crippen LogP contribution in [0.3, 0.4) is 0 Å². The van der Waals surface area contributed by atoms with Crippen LogP contribution in [0.15, 0.2) is 15.8 Å². The molecule has 0 aliphatic carbocycles. The second-order valence-electron chi connectivity index (χ2n) is 3.85. The first kappa shape index (κ1) is 13.9. The highest BCUT2D eigenvalue weighted by atomic mass is 32.1. The standard InChI is InChI=1S/C9H10N6O4S/c1-10-7-5(11-12-20-7)3-14-8(16)6(15(18)19)4-13(2)9(14)17/h4,10H,3H2,1-2H3. The number of aromatic nitrogens is 4. The molecule has 11 heteroatoms. The largest absolute Gasteiger partial charge is 0.377 e. The van der Waals surface area contributed by atoms with E-state index in [1.807, 2.05) is 0 Å². The number of hydrogen-bond acceptors (Lipinski definition) is 8. The number of hydrogen-bond donors (Lipinski definition) is 1. The van der Waals surface area contributed by atoms with Crippen LogP contribution in [0.2, 0.25) is 0 Å². The Morgan fingerprint density at radius 1 is 1.50 bits per heavy atom. The van der Waals surface area contributed by atoms with E-state index in [-0.39, 0.29) is 6.54 Å². The molecule has 2 rings (SSSR count). The van der Waals surface area contributed by atoms with Crippen molar-refractivity contribution in [2.45, 2.75) is 6.54 Å². The Hall–Kier alpha value is -2.56. The molecule has 2 aromatic rings. The zero-order valence-electron chi connectivity index (χ0n) is 10.6. The Morgan fingerprint density at radius 3 is 2.80 bits per heavy atom. The maximum absolute atomic E-state index is 12.0. The smallest absolute Gasteiger partial charge is 0.350 e. The zero-order chi connectivity index (χ0) is 14.9. The first-order valence-electron chi connectivity index (χ1n) is 5.39. The lowest BCUT2D eigenvalue weighted by atomic mass is 10.4. The SMILES string of the molecule is CNc1snnc1Cn1c(=O)c([N+](=O)[O-])cn(C)c1=O. The van der Waals surface area contributed by atoms with Gasteiger partial charge in [-0.2, -0.15) is 0 Å². The minimum absolute atomic E-state index is 0.181. The summed E-state index contributed by atoms with van der Waals surface area (Å²) in [6, 6.07) is 0. The van der Waals surface area contributed by atoms with E-state index in [0.29, 0.717) is 10.7 Å². The van der Waals surface area contributed by atoms with Gasteiger partial charge in [0.25, 0.3) is 0 Å². The summed E-state index contributed by atoms with van der Waals surface area (Å²) in [6.07, 6.45) is 0.902. The minimum Gasteiger partial charge on any atom is -0.377 e. The molecule has 0 aliphatic rings. The fraction of sp³-hybridized carbons (Fsp3) is 0.333. The average Bonchev–Trinajstić information content (AvgIpc) is 2.85. The third kappa shape index (κ3) is 2.30. The van der Waals surface area contributed by atoms with Gasteiger partial charge in [0.2, 0.25) is 0 Å². The van der Waals surface area contributed by atoms with Gasteiger partial charge >= 0.3 is 16.9 Å². The lowest BCUT2D eigenvalue weighted by molar-refractivity contribution is -0.387. The van der Waals surface area contributed by atoms with Crippen molar-refractivity contribution in [3.8, 4) is 0 Å². The van der Waals surface area contributed by atoms with E-state index in [2.05, 4.69) is 14.9 Å². The first-order chi connectivity index (χ1) is 9.45. The third-order valence-corrected chi connectivity index (χ3v) is 3.39. The molecule has 0 saturated carbocycles. The van der Waals surface area contributed by atoms with Gasteiger partial charge in [-0.05, 0) is 0 Å². The average molecular weight is 298 g/mol. The molecule has 20 heavy (non-hydrogen) atoms. The molecule has 0 saturated heterocycles. The maximum Gasteiger partial charge on any atom is 0.350 e. The number of nitrogens with one attached hydrogen (secondary N) is 1. The van der Waals surface area contributed by atoms with Crippen LogP contribution in [0.25, 0.3) is 0 Å². The van der Waals surface area contributed by atoms with E-state index in [1.54, 1.807) is 7.05 Å². The normalized spacial score (nSPS) is 10.5. The molecule has 2 heterocycles. The predicted molar refractivity (Wildman–Crippen MR) is 71.2 cm³/mol. The fourth-order valence-corrected chi connectivity index (χ4v) is 2.15. The molecule has 0 atom stereocenters. The number of aryl methyl sites for hydroxylation is 1. The Bertz CT molecular complexity index is 775.